The Hall–Kier alpha value is -4.45. The minimum absolute atomic E-state index is 0.0109. The summed E-state index contributed by atoms with van der Waals surface area (Å²) in [6, 6.07) is 31.1. The van der Waals surface area contributed by atoms with Crippen molar-refractivity contribution in [1.29, 1.82) is 0 Å². The summed E-state index contributed by atoms with van der Waals surface area (Å²) in [6.07, 6.45) is -0.353. The second-order valence-corrected chi connectivity index (χ2v) is 8.55. The number of benzene rings is 4. The molecule has 0 aliphatic carbocycles. The first-order valence-electron chi connectivity index (χ1n) is 11.8. The van der Waals surface area contributed by atoms with Crippen LogP contribution in [0, 0.1) is 0 Å². The van der Waals surface area contributed by atoms with Crippen molar-refractivity contribution in [2.75, 3.05) is 19.5 Å². The van der Waals surface area contributed by atoms with Crippen LogP contribution in [0.2, 0.25) is 0 Å². The van der Waals surface area contributed by atoms with Crippen molar-refractivity contribution < 1.29 is 19.0 Å². The molecular weight excluding hydrogens is 452 g/mol. The van der Waals surface area contributed by atoms with Crippen LogP contribution in [0.1, 0.15) is 33.2 Å². The van der Waals surface area contributed by atoms with Gasteiger partial charge in [-0.15, -0.1) is 0 Å². The van der Waals surface area contributed by atoms with Crippen LogP contribution in [0.5, 0.6) is 17.2 Å². The number of hydrogen-bond donors (Lipinski definition) is 1. The Labute approximate surface area is 211 Å². The maximum Gasteiger partial charge on any atom is 0.258 e. The molecule has 0 aromatic heterocycles. The highest BCUT2D eigenvalue weighted by molar-refractivity contribution is 6.01. The molecule has 1 aliphatic heterocycles. The van der Waals surface area contributed by atoms with Crippen molar-refractivity contribution >= 4 is 11.6 Å². The number of fused-ring (bicyclic) bond motifs is 1. The highest BCUT2D eigenvalue weighted by Gasteiger charge is 2.33. The average molecular weight is 481 g/mol. The van der Waals surface area contributed by atoms with Crippen molar-refractivity contribution in [1.82, 2.24) is 4.90 Å². The molecule has 36 heavy (non-hydrogen) atoms. The number of carbonyl (C=O) groups is 1. The highest BCUT2D eigenvalue weighted by atomic mass is 16.5. The Morgan fingerprint density at radius 1 is 0.806 bits per heavy atom. The lowest BCUT2D eigenvalue weighted by atomic mass is 10.0. The number of hydrogen-bond acceptors (Lipinski definition) is 5. The summed E-state index contributed by atoms with van der Waals surface area (Å²) in [6.45, 7) is 0.785. The van der Waals surface area contributed by atoms with Crippen molar-refractivity contribution in [3.05, 3.63) is 119 Å². The molecule has 1 amide bonds. The summed E-state index contributed by atoms with van der Waals surface area (Å²) in [4.78, 5) is 15.5. The maximum absolute atomic E-state index is 13.6. The van der Waals surface area contributed by atoms with Crippen LogP contribution in [0.25, 0.3) is 0 Å². The van der Waals surface area contributed by atoms with Gasteiger partial charge >= 0.3 is 0 Å². The van der Waals surface area contributed by atoms with Gasteiger partial charge in [-0.2, -0.15) is 0 Å². The third-order valence-corrected chi connectivity index (χ3v) is 6.27. The van der Waals surface area contributed by atoms with Crippen LogP contribution in [0.15, 0.2) is 97.1 Å². The molecule has 4 aromatic carbocycles. The molecule has 0 saturated carbocycles. The van der Waals surface area contributed by atoms with Gasteiger partial charge in [0, 0.05) is 23.9 Å². The Morgan fingerprint density at radius 3 is 2.39 bits per heavy atom. The van der Waals surface area contributed by atoms with E-state index >= 15 is 0 Å². The van der Waals surface area contributed by atoms with Crippen molar-refractivity contribution in [3.63, 3.8) is 0 Å². The van der Waals surface area contributed by atoms with Gasteiger partial charge in [0.15, 0.2) is 0 Å². The van der Waals surface area contributed by atoms with Crippen molar-refractivity contribution in [2.45, 2.75) is 19.3 Å². The fourth-order valence-electron chi connectivity index (χ4n) is 4.43. The number of carbonyl (C=O) groups excluding carboxylic acids is 1. The van der Waals surface area contributed by atoms with E-state index in [4.69, 9.17) is 14.2 Å². The van der Waals surface area contributed by atoms with Crippen LogP contribution in [-0.4, -0.2) is 25.0 Å². The summed E-state index contributed by atoms with van der Waals surface area (Å²) in [7, 11) is 3.27. The van der Waals surface area contributed by atoms with Gasteiger partial charge in [0.25, 0.3) is 5.91 Å². The molecule has 0 spiro atoms. The summed E-state index contributed by atoms with van der Waals surface area (Å²) in [5.74, 6) is 2.14. The fourth-order valence-corrected chi connectivity index (χ4v) is 4.43. The van der Waals surface area contributed by atoms with Gasteiger partial charge in [-0.25, -0.2) is 0 Å². The molecule has 1 N–H and O–H groups in total. The molecule has 1 heterocycles. The zero-order valence-electron chi connectivity index (χ0n) is 20.3. The number of ether oxygens (including phenoxy) is 3. The Balaban J connectivity index is 1.47. The van der Waals surface area contributed by atoms with Gasteiger partial charge in [-0.1, -0.05) is 54.6 Å². The van der Waals surface area contributed by atoms with Crippen LogP contribution < -0.4 is 19.5 Å². The third-order valence-electron chi connectivity index (χ3n) is 6.27. The van der Waals surface area contributed by atoms with Gasteiger partial charge in [0.05, 0.1) is 19.8 Å². The number of amides is 1. The zero-order chi connectivity index (χ0) is 24.9. The summed E-state index contributed by atoms with van der Waals surface area (Å²) < 4.78 is 17.0. The Morgan fingerprint density at radius 2 is 1.58 bits per heavy atom. The maximum atomic E-state index is 13.6. The lowest BCUT2D eigenvalue weighted by molar-refractivity contribution is 0.0666. The predicted octanol–water partition coefficient (Wildman–Crippen LogP) is 6.05. The minimum Gasteiger partial charge on any atom is -0.497 e. The molecule has 182 valence electrons. The zero-order valence-corrected chi connectivity index (χ0v) is 20.3. The summed E-state index contributed by atoms with van der Waals surface area (Å²) in [5, 5.41) is 3.57. The standard InChI is InChI=1S/C30H28N2O4/c1-34-24-11-8-12-25(18-24)36-20-23-17-22(15-16-28(23)35-2)29-31-27-14-7-6-13-26(27)30(33)32(29)19-21-9-4-3-5-10-21/h3-18,29,31H,19-20H2,1-2H3/t29-/m1/s1. The number of rotatable bonds is 8. The third kappa shape index (κ3) is 4.84. The monoisotopic (exact) mass is 480 g/mol. The average Bonchev–Trinajstić information content (AvgIpc) is 2.94. The largest absolute Gasteiger partial charge is 0.497 e. The molecule has 4 aromatic rings. The second-order valence-electron chi connectivity index (χ2n) is 8.55. The lowest BCUT2D eigenvalue weighted by Gasteiger charge is -2.38. The van der Waals surface area contributed by atoms with E-state index in [0.29, 0.717) is 24.5 Å². The van der Waals surface area contributed by atoms with Gasteiger partial charge in [0.1, 0.15) is 30.0 Å². The van der Waals surface area contributed by atoms with E-state index in [1.807, 2.05) is 102 Å². The Kier molecular flexibility index (Phi) is 6.76. The molecule has 0 saturated heterocycles. The predicted molar refractivity (Wildman–Crippen MR) is 139 cm³/mol. The van der Waals surface area contributed by atoms with Crippen LogP contribution in [0.4, 0.5) is 5.69 Å². The van der Waals surface area contributed by atoms with Gasteiger partial charge in [-0.05, 0) is 47.5 Å². The first-order chi connectivity index (χ1) is 17.7. The number of nitrogens with one attached hydrogen (secondary N) is 1. The smallest absolute Gasteiger partial charge is 0.258 e. The molecule has 0 unspecified atom stereocenters. The molecule has 1 atom stereocenters. The van der Waals surface area contributed by atoms with E-state index in [1.165, 1.54) is 0 Å². The van der Waals surface area contributed by atoms with Crippen LogP contribution in [-0.2, 0) is 13.2 Å². The second kappa shape index (κ2) is 10.4. The molecule has 0 fully saturated rings. The molecule has 6 nitrogen and oxygen atoms in total. The van der Waals surface area contributed by atoms with E-state index in [1.54, 1.807) is 14.2 Å². The first-order valence-corrected chi connectivity index (χ1v) is 11.8. The normalized spacial score (nSPS) is 14.6. The first kappa shape index (κ1) is 23.3. The number of nitrogens with zero attached hydrogens (tertiary/aromatic N) is 1. The van der Waals surface area contributed by atoms with Crippen molar-refractivity contribution in [2.24, 2.45) is 0 Å². The molecule has 0 bridgehead atoms. The summed E-state index contributed by atoms with van der Waals surface area (Å²) in [5.41, 5.74) is 4.37. The quantitative estimate of drug-likeness (QED) is 0.333. The fraction of sp³-hybridized carbons (Fsp3) is 0.167. The van der Waals surface area contributed by atoms with Crippen molar-refractivity contribution in [3.8, 4) is 17.2 Å². The topological polar surface area (TPSA) is 60.0 Å². The van der Waals surface area contributed by atoms with E-state index in [-0.39, 0.29) is 12.1 Å². The molecule has 0 radical (unpaired) electrons. The minimum atomic E-state index is -0.353. The summed E-state index contributed by atoms with van der Waals surface area (Å²) >= 11 is 0. The highest BCUT2D eigenvalue weighted by Crippen LogP contribution is 2.36. The molecule has 6 heteroatoms. The van der Waals surface area contributed by atoms with E-state index in [2.05, 4.69) is 5.32 Å². The van der Waals surface area contributed by atoms with E-state index in [0.717, 1.165) is 33.9 Å². The molecule has 5 rings (SSSR count). The molecule has 1 aliphatic rings. The van der Waals surface area contributed by atoms with Crippen LogP contribution in [0.3, 0.4) is 0 Å². The SMILES string of the molecule is COc1cccc(OCc2cc([C@@H]3Nc4ccccc4C(=O)N3Cc3ccccc3)ccc2OC)c1. The van der Waals surface area contributed by atoms with Crippen LogP contribution >= 0.6 is 0 Å². The van der Waals surface area contributed by atoms with Gasteiger partial charge in [-0.3, -0.25) is 4.79 Å². The molecular formula is C30H28N2O4. The van der Waals surface area contributed by atoms with E-state index < -0.39 is 0 Å². The number of methoxy groups -OCH3 is 2. The van der Waals surface area contributed by atoms with Gasteiger partial charge in [0.2, 0.25) is 0 Å². The van der Waals surface area contributed by atoms with Gasteiger partial charge < -0.3 is 24.4 Å². The van der Waals surface area contributed by atoms with E-state index in [9.17, 15) is 4.79 Å². The number of anilines is 1. The lowest BCUT2D eigenvalue weighted by Crippen LogP contribution is -2.42. The Bertz CT molecular complexity index is 1360. The number of para-hydroxylation sites is 1.